The molecule has 0 amide bonds. The van der Waals surface area contributed by atoms with Crippen LogP contribution in [-0.2, 0) is 15.3 Å². The van der Waals surface area contributed by atoms with E-state index in [-0.39, 0.29) is 5.96 Å². The van der Waals surface area contributed by atoms with E-state index in [9.17, 15) is 0 Å². The first-order chi connectivity index (χ1) is 8.57. The molecule has 0 radical (unpaired) electrons. The topological polar surface area (TPSA) is 93.2 Å². The van der Waals surface area contributed by atoms with Crippen LogP contribution in [0.25, 0.3) is 0 Å². The van der Waals surface area contributed by atoms with E-state index in [2.05, 4.69) is 26.2 Å². The Kier molecular flexibility index (Phi) is 6.00. The number of alkyl halides is 1. The molecule has 0 unspecified atom stereocenters. The normalized spacial score (nSPS) is 11.5. The molecule has 1 rings (SSSR count). The highest BCUT2D eigenvalue weighted by atomic mass is 79.9. The SMILES string of the molecule is CCOC(CBr)(OCC)c1csc(NC(=N)N)n1. The van der Waals surface area contributed by atoms with Crippen LogP contribution in [0.2, 0.25) is 0 Å². The van der Waals surface area contributed by atoms with Crippen molar-refractivity contribution in [2.75, 3.05) is 23.9 Å². The summed E-state index contributed by atoms with van der Waals surface area (Å²) in [4.78, 5) is 4.34. The van der Waals surface area contributed by atoms with Gasteiger partial charge in [-0.3, -0.25) is 5.41 Å². The van der Waals surface area contributed by atoms with Crippen LogP contribution in [0.3, 0.4) is 0 Å². The van der Waals surface area contributed by atoms with Gasteiger partial charge in [0.2, 0.25) is 5.79 Å². The molecule has 0 fully saturated rings. The monoisotopic (exact) mass is 336 g/mol. The molecule has 8 heteroatoms. The van der Waals surface area contributed by atoms with Crippen LogP contribution < -0.4 is 11.1 Å². The molecule has 0 aromatic carbocycles. The van der Waals surface area contributed by atoms with Gasteiger partial charge in [0.1, 0.15) is 5.69 Å². The fraction of sp³-hybridized carbons (Fsp3) is 0.600. The van der Waals surface area contributed by atoms with E-state index in [1.807, 2.05) is 19.2 Å². The first kappa shape index (κ1) is 15.4. The molecule has 1 aromatic heterocycles. The van der Waals surface area contributed by atoms with Gasteiger partial charge >= 0.3 is 0 Å². The highest BCUT2D eigenvalue weighted by Gasteiger charge is 2.35. The third-order valence-electron chi connectivity index (χ3n) is 2.07. The summed E-state index contributed by atoms with van der Waals surface area (Å²) >= 11 is 4.75. The lowest BCUT2D eigenvalue weighted by atomic mass is 10.2. The van der Waals surface area contributed by atoms with E-state index < -0.39 is 5.79 Å². The second kappa shape index (κ2) is 7.03. The first-order valence-corrected chi connectivity index (χ1v) is 7.49. The third-order valence-corrected chi connectivity index (χ3v) is 3.56. The van der Waals surface area contributed by atoms with E-state index in [0.717, 1.165) is 0 Å². The van der Waals surface area contributed by atoms with Crippen molar-refractivity contribution < 1.29 is 9.47 Å². The maximum Gasteiger partial charge on any atom is 0.223 e. The van der Waals surface area contributed by atoms with Gasteiger partial charge in [-0.15, -0.1) is 11.3 Å². The Morgan fingerprint density at radius 1 is 1.56 bits per heavy atom. The number of hydrogen-bond donors (Lipinski definition) is 3. The quantitative estimate of drug-likeness (QED) is 0.307. The molecule has 0 saturated carbocycles. The standard InChI is InChI=1S/C10H17BrN4O2S/c1-3-16-10(6-11,17-4-2)7-5-18-9(14-7)15-8(12)13/h5H,3-4,6H2,1-2H3,(H4,12,13,14,15). The minimum absolute atomic E-state index is 0.145. The number of nitrogens with two attached hydrogens (primary N) is 1. The Hall–Kier alpha value is -0.700. The fourth-order valence-corrected chi connectivity index (χ4v) is 2.81. The first-order valence-electron chi connectivity index (χ1n) is 5.49. The van der Waals surface area contributed by atoms with Gasteiger partial charge < -0.3 is 20.5 Å². The Bertz CT molecular complexity index is 393. The summed E-state index contributed by atoms with van der Waals surface area (Å²) in [5.41, 5.74) is 5.92. The molecule has 1 aromatic rings. The summed E-state index contributed by atoms with van der Waals surface area (Å²) in [5.74, 6) is -1.04. The maximum atomic E-state index is 7.17. The average molecular weight is 337 g/mol. The lowest BCUT2D eigenvalue weighted by Crippen LogP contribution is -2.35. The van der Waals surface area contributed by atoms with Crippen LogP contribution in [0.1, 0.15) is 19.5 Å². The van der Waals surface area contributed by atoms with Gasteiger partial charge in [-0.25, -0.2) is 4.98 Å². The van der Waals surface area contributed by atoms with Gasteiger partial charge in [0.25, 0.3) is 0 Å². The molecule has 0 aliphatic rings. The van der Waals surface area contributed by atoms with Crippen LogP contribution in [0.4, 0.5) is 5.13 Å². The van der Waals surface area contributed by atoms with Gasteiger partial charge in [0, 0.05) is 18.6 Å². The van der Waals surface area contributed by atoms with Crippen LogP contribution in [0.5, 0.6) is 0 Å². The Morgan fingerprint density at radius 2 is 2.17 bits per heavy atom. The third kappa shape index (κ3) is 3.64. The number of thiazole rings is 1. The number of nitrogens with one attached hydrogen (secondary N) is 2. The Balaban J connectivity index is 2.97. The summed E-state index contributed by atoms with van der Waals surface area (Å²) in [6, 6.07) is 0. The van der Waals surface area contributed by atoms with Gasteiger partial charge in [-0.2, -0.15) is 0 Å². The lowest BCUT2D eigenvalue weighted by molar-refractivity contribution is -0.227. The zero-order valence-electron chi connectivity index (χ0n) is 10.3. The maximum absolute atomic E-state index is 7.17. The molecule has 0 aliphatic carbocycles. The molecule has 4 N–H and O–H groups in total. The van der Waals surface area contributed by atoms with Crippen LogP contribution in [0, 0.1) is 5.41 Å². The van der Waals surface area contributed by atoms with Crippen LogP contribution in [0.15, 0.2) is 5.38 Å². The molecule has 102 valence electrons. The second-order valence-electron chi connectivity index (χ2n) is 3.33. The predicted octanol–water partition coefficient (Wildman–Crippen LogP) is 2.07. The van der Waals surface area contributed by atoms with E-state index in [0.29, 0.717) is 29.4 Å². The molecule has 0 atom stereocenters. The van der Waals surface area contributed by atoms with Gasteiger partial charge in [0.05, 0.1) is 5.33 Å². The van der Waals surface area contributed by atoms with Crippen molar-refractivity contribution >= 4 is 38.4 Å². The minimum Gasteiger partial charge on any atom is -0.370 e. The molecule has 0 saturated heterocycles. The fourth-order valence-electron chi connectivity index (χ4n) is 1.42. The highest BCUT2D eigenvalue weighted by Crippen LogP contribution is 2.32. The van der Waals surface area contributed by atoms with Crippen molar-refractivity contribution in [2.24, 2.45) is 5.73 Å². The number of rotatable bonds is 7. The lowest BCUT2D eigenvalue weighted by Gasteiger charge is -2.29. The average Bonchev–Trinajstić information content (AvgIpc) is 2.76. The van der Waals surface area contributed by atoms with E-state index >= 15 is 0 Å². The van der Waals surface area contributed by atoms with Gasteiger partial charge in [-0.05, 0) is 13.8 Å². The smallest absolute Gasteiger partial charge is 0.223 e. The summed E-state index contributed by atoms with van der Waals surface area (Å²) in [5, 5.41) is 12.7. The van der Waals surface area contributed by atoms with E-state index in [1.54, 1.807) is 0 Å². The van der Waals surface area contributed by atoms with Crippen molar-refractivity contribution in [3.05, 3.63) is 11.1 Å². The number of anilines is 1. The van der Waals surface area contributed by atoms with Crippen molar-refractivity contribution in [2.45, 2.75) is 19.6 Å². The molecular weight excluding hydrogens is 320 g/mol. The molecule has 0 spiro atoms. The van der Waals surface area contributed by atoms with Crippen molar-refractivity contribution in [3.8, 4) is 0 Å². The van der Waals surface area contributed by atoms with Crippen molar-refractivity contribution in [3.63, 3.8) is 0 Å². The Labute approximate surface area is 119 Å². The molecule has 18 heavy (non-hydrogen) atoms. The molecule has 0 aliphatic heterocycles. The zero-order valence-corrected chi connectivity index (χ0v) is 12.7. The molecule has 1 heterocycles. The van der Waals surface area contributed by atoms with Crippen molar-refractivity contribution in [1.82, 2.24) is 4.98 Å². The van der Waals surface area contributed by atoms with E-state index in [4.69, 9.17) is 20.6 Å². The summed E-state index contributed by atoms with van der Waals surface area (Å²) in [6.07, 6.45) is 0. The molecule has 0 bridgehead atoms. The second-order valence-corrected chi connectivity index (χ2v) is 4.75. The van der Waals surface area contributed by atoms with Gasteiger partial charge in [0.15, 0.2) is 11.1 Å². The zero-order chi connectivity index (χ0) is 13.6. The highest BCUT2D eigenvalue weighted by molar-refractivity contribution is 9.09. The number of ether oxygens (including phenoxy) is 2. The van der Waals surface area contributed by atoms with Gasteiger partial charge in [-0.1, -0.05) is 15.9 Å². The number of halogens is 1. The van der Waals surface area contributed by atoms with Crippen LogP contribution >= 0.6 is 27.3 Å². The largest absolute Gasteiger partial charge is 0.370 e. The molecular formula is C10H17BrN4O2S. The predicted molar refractivity (Wildman–Crippen MR) is 76.4 cm³/mol. The van der Waals surface area contributed by atoms with E-state index in [1.165, 1.54) is 11.3 Å². The number of aromatic nitrogens is 1. The van der Waals surface area contributed by atoms with Crippen LogP contribution in [-0.4, -0.2) is 29.5 Å². The number of hydrogen-bond acceptors (Lipinski definition) is 5. The minimum atomic E-state index is -0.892. The summed E-state index contributed by atoms with van der Waals surface area (Å²) in [6.45, 7) is 4.83. The summed E-state index contributed by atoms with van der Waals surface area (Å²) in [7, 11) is 0. The number of nitrogens with zero attached hydrogens (tertiary/aromatic N) is 1. The Morgan fingerprint density at radius 3 is 2.61 bits per heavy atom. The van der Waals surface area contributed by atoms with Crippen molar-refractivity contribution in [1.29, 1.82) is 5.41 Å². The summed E-state index contributed by atoms with van der Waals surface area (Å²) < 4.78 is 11.4. The number of guanidine groups is 1. The molecule has 6 nitrogen and oxygen atoms in total.